The third-order valence-corrected chi connectivity index (χ3v) is 3.89. The highest BCUT2D eigenvalue weighted by Gasteiger charge is 2.19. The van der Waals surface area contributed by atoms with Gasteiger partial charge in [0.2, 0.25) is 0 Å². The molecule has 1 aliphatic rings. The summed E-state index contributed by atoms with van der Waals surface area (Å²) in [4.78, 5) is 0. The summed E-state index contributed by atoms with van der Waals surface area (Å²) in [7, 11) is 0. The Labute approximate surface area is 98.5 Å². The number of benzene rings is 1. The maximum absolute atomic E-state index is 6.00. The van der Waals surface area contributed by atoms with Gasteiger partial charge in [-0.1, -0.05) is 12.1 Å². The molecule has 0 radical (unpaired) electrons. The van der Waals surface area contributed by atoms with E-state index in [1.807, 2.05) is 6.08 Å². The van der Waals surface area contributed by atoms with Crippen molar-refractivity contribution in [3.63, 3.8) is 0 Å². The van der Waals surface area contributed by atoms with Crippen molar-refractivity contribution in [2.24, 2.45) is 5.73 Å². The van der Waals surface area contributed by atoms with E-state index in [9.17, 15) is 0 Å². The molecule has 1 aromatic rings. The van der Waals surface area contributed by atoms with E-state index in [-0.39, 0.29) is 6.04 Å². The summed E-state index contributed by atoms with van der Waals surface area (Å²) in [6.45, 7) is 3.76. The van der Waals surface area contributed by atoms with Crippen LogP contribution in [-0.2, 0) is 12.8 Å². The van der Waals surface area contributed by atoms with E-state index in [1.165, 1.54) is 39.5 Å². The summed E-state index contributed by atoms with van der Waals surface area (Å²) in [6, 6.07) is 4.32. The first-order valence-corrected chi connectivity index (χ1v) is 6.00. The SMILES string of the molecule is C=C[C@H](N)c1ccc(I)c2c1CCC2. The molecule has 0 amide bonds. The minimum atomic E-state index is -0.00106. The Morgan fingerprint density at radius 1 is 1.36 bits per heavy atom. The fraction of sp³-hybridized carbons (Fsp3) is 0.333. The second kappa shape index (κ2) is 4.03. The van der Waals surface area contributed by atoms with E-state index < -0.39 is 0 Å². The highest BCUT2D eigenvalue weighted by atomic mass is 127. The predicted octanol–water partition coefficient (Wildman–Crippen LogP) is 2.97. The van der Waals surface area contributed by atoms with Gasteiger partial charge in [-0.2, -0.15) is 0 Å². The fourth-order valence-electron chi connectivity index (χ4n) is 2.13. The molecule has 0 aromatic heterocycles. The van der Waals surface area contributed by atoms with Gasteiger partial charge < -0.3 is 5.73 Å². The van der Waals surface area contributed by atoms with Gasteiger partial charge in [0, 0.05) is 9.61 Å². The smallest absolute Gasteiger partial charge is 0.0481 e. The van der Waals surface area contributed by atoms with E-state index in [4.69, 9.17) is 5.73 Å². The van der Waals surface area contributed by atoms with Gasteiger partial charge in [0.25, 0.3) is 0 Å². The van der Waals surface area contributed by atoms with Crippen LogP contribution in [0.25, 0.3) is 0 Å². The largest absolute Gasteiger partial charge is 0.321 e. The van der Waals surface area contributed by atoms with Gasteiger partial charge in [-0.15, -0.1) is 6.58 Å². The topological polar surface area (TPSA) is 26.0 Å². The molecule has 0 heterocycles. The van der Waals surface area contributed by atoms with Gasteiger partial charge >= 0.3 is 0 Å². The van der Waals surface area contributed by atoms with Crippen LogP contribution in [0.5, 0.6) is 0 Å². The Morgan fingerprint density at radius 2 is 2.07 bits per heavy atom. The molecule has 0 unspecified atom stereocenters. The Balaban J connectivity index is 2.53. The van der Waals surface area contributed by atoms with Crippen molar-refractivity contribution in [2.75, 3.05) is 0 Å². The van der Waals surface area contributed by atoms with Crippen molar-refractivity contribution in [3.8, 4) is 0 Å². The molecule has 1 aromatic carbocycles. The molecular weight excluding hydrogens is 285 g/mol. The molecular formula is C12H14IN. The Kier molecular flexibility index (Phi) is 2.93. The maximum atomic E-state index is 6.00. The van der Waals surface area contributed by atoms with Crippen LogP contribution in [0.4, 0.5) is 0 Å². The second-order valence-electron chi connectivity index (χ2n) is 3.71. The van der Waals surface area contributed by atoms with Gasteiger partial charge in [0.15, 0.2) is 0 Å². The van der Waals surface area contributed by atoms with E-state index in [0.29, 0.717) is 0 Å². The van der Waals surface area contributed by atoms with Crippen LogP contribution in [0, 0.1) is 3.57 Å². The van der Waals surface area contributed by atoms with Gasteiger partial charge in [0.1, 0.15) is 0 Å². The Hall–Kier alpha value is -0.350. The van der Waals surface area contributed by atoms with Crippen molar-refractivity contribution in [2.45, 2.75) is 25.3 Å². The molecule has 2 heteroatoms. The average Bonchev–Trinajstić information content (AvgIpc) is 2.67. The van der Waals surface area contributed by atoms with Crippen molar-refractivity contribution in [1.29, 1.82) is 0 Å². The summed E-state index contributed by atoms with van der Waals surface area (Å²) in [5.41, 5.74) is 10.3. The van der Waals surface area contributed by atoms with Crippen molar-refractivity contribution >= 4 is 22.6 Å². The highest BCUT2D eigenvalue weighted by Crippen LogP contribution is 2.32. The second-order valence-corrected chi connectivity index (χ2v) is 4.87. The molecule has 14 heavy (non-hydrogen) atoms. The fourth-order valence-corrected chi connectivity index (χ4v) is 2.90. The van der Waals surface area contributed by atoms with Crippen LogP contribution in [0.2, 0.25) is 0 Å². The Morgan fingerprint density at radius 3 is 2.79 bits per heavy atom. The molecule has 0 fully saturated rings. The van der Waals surface area contributed by atoms with Crippen molar-refractivity contribution in [3.05, 3.63) is 45.0 Å². The third-order valence-electron chi connectivity index (χ3n) is 2.88. The predicted molar refractivity (Wildman–Crippen MR) is 68.3 cm³/mol. The van der Waals surface area contributed by atoms with Crippen LogP contribution in [0.15, 0.2) is 24.8 Å². The molecule has 1 atom stereocenters. The molecule has 1 nitrogen and oxygen atoms in total. The quantitative estimate of drug-likeness (QED) is 0.659. The van der Waals surface area contributed by atoms with Crippen LogP contribution in [0.1, 0.15) is 29.2 Å². The summed E-state index contributed by atoms with van der Waals surface area (Å²) >= 11 is 2.41. The number of hydrogen-bond donors (Lipinski definition) is 1. The lowest BCUT2D eigenvalue weighted by molar-refractivity contribution is 0.870. The first-order valence-electron chi connectivity index (χ1n) is 4.92. The lowest BCUT2D eigenvalue weighted by Gasteiger charge is -2.13. The van der Waals surface area contributed by atoms with Crippen molar-refractivity contribution in [1.82, 2.24) is 0 Å². The van der Waals surface area contributed by atoms with Crippen LogP contribution in [-0.4, -0.2) is 0 Å². The number of hydrogen-bond acceptors (Lipinski definition) is 1. The number of nitrogens with two attached hydrogens (primary N) is 1. The monoisotopic (exact) mass is 299 g/mol. The molecule has 2 N–H and O–H groups in total. The van der Waals surface area contributed by atoms with E-state index in [0.717, 1.165) is 0 Å². The lowest BCUT2D eigenvalue weighted by Crippen LogP contribution is -2.09. The minimum Gasteiger partial charge on any atom is -0.321 e. The number of fused-ring (bicyclic) bond motifs is 1. The summed E-state index contributed by atoms with van der Waals surface area (Å²) < 4.78 is 1.38. The lowest BCUT2D eigenvalue weighted by atomic mass is 9.98. The van der Waals surface area contributed by atoms with E-state index in [2.05, 4.69) is 41.3 Å². The third kappa shape index (κ3) is 1.61. The molecule has 0 aliphatic heterocycles. The molecule has 0 spiro atoms. The van der Waals surface area contributed by atoms with Gasteiger partial charge in [-0.05, 0) is 64.6 Å². The molecule has 2 rings (SSSR count). The van der Waals surface area contributed by atoms with Gasteiger partial charge in [-0.25, -0.2) is 0 Å². The summed E-state index contributed by atoms with van der Waals surface area (Å²) in [5.74, 6) is 0. The summed E-state index contributed by atoms with van der Waals surface area (Å²) in [6.07, 6.45) is 5.49. The standard InChI is InChI=1S/C12H14IN/c1-2-12(14)10-6-7-11(13)9-5-3-4-8(9)10/h2,6-7,12H,1,3-5,14H2/t12-/m0/s1. The zero-order valence-corrected chi connectivity index (χ0v) is 10.3. The van der Waals surface area contributed by atoms with E-state index in [1.54, 1.807) is 0 Å². The minimum absolute atomic E-state index is 0.00106. The molecule has 0 saturated carbocycles. The normalized spacial score (nSPS) is 16.4. The van der Waals surface area contributed by atoms with Gasteiger partial charge in [0.05, 0.1) is 0 Å². The number of rotatable bonds is 2. The molecule has 0 bridgehead atoms. The summed E-state index contributed by atoms with van der Waals surface area (Å²) in [5, 5.41) is 0. The molecule has 74 valence electrons. The van der Waals surface area contributed by atoms with Crippen LogP contribution < -0.4 is 5.73 Å². The Bertz CT molecular complexity index is 371. The first kappa shape index (κ1) is 10.2. The molecule has 0 saturated heterocycles. The van der Waals surface area contributed by atoms with Crippen LogP contribution in [0.3, 0.4) is 0 Å². The highest BCUT2D eigenvalue weighted by molar-refractivity contribution is 14.1. The zero-order chi connectivity index (χ0) is 10.1. The van der Waals surface area contributed by atoms with Gasteiger partial charge in [-0.3, -0.25) is 0 Å². The zero-order valence-electron chi connectivity index (χ0n) is 8.09. The van der Waals surface area contributed by atoms with Crippen LogP contribution >= 0.6 is 22.6 Å². The first-order chi connectivity index (χ1) is 6.74. The maximum Gasteiger partial charge on any atom is 0.0481 e. The number of halogens is 1. The molecule has 1 aliphatic carbocycles. The van der Waals surface area contributed by atoms with Crippen molar-refractivity contribution < 1.29 is 0 Å². The van der Waals surface area contributed by atoms with E-state index >= 15 is 0 Å². The average molecular weight is 299 g/mol.